The smallest absolute Gasteiger partial charge is 0.132 e. The predicted octanol–water partition coefficient (Wildman–Crippen LogP) is 5.69. The number of hydrogen-bond acceptors (Lipinski definition) is 4. The molecular formula is C22H16N2S2. The second kappa shape index (κ2) is 7.65. The van der Waals surface area contributed by atoms with Crippen LogP contribution in [-0.4, -0.2) is 10.7 Å². The molecule has 4 heteroatoms. The van der Waals surface area contributed by atoms with Gasteiger partial charge in [0.1, 0.15) is 5.82 Å². The highest BCUT2D eigenvalue weighted by atomic mass is 32.2. The molecule has 0 saturated carbocycles. The van der Waals surface area contributed by atoms with Crippen molar-refractivity contribution in [1.29, 1.82) is 0 Å². The van der Waals surface area contributed by atoms with Gasteiger partial charge in [-0.1, -0.05) is 60.4 Å². The SMILES string of the molecule is Nc1ncc(C#CCSc2ccccc2)c2scc(-c3ccccc3)c12. The fourth-order valence-electron chi connectivity index (χ4n) is 2.75. The minimum Gasteiger partial charge on any atom is -0.383 e. The van der Waals surface area contributed by atoms with Gasteiger partial charge in [0.05, 0.1) is 16.0 Å². The highest BCUT2D eigenvalue weighted by Gasteiger charge is 2.12. The average molecular weight is 373 g/mol. The van der Waals surface area contributed by atoms with Gasteiger partial charge >= 0.3 is 0 Å². The number of thioether (sulfide) groups is 1. The van der Waals surface area contributed by atoms with Gasteiger partial charge in [0.15, 0.2) is 0 Å². The van der Waals surface area contributed by atoms with Crippen LogP contribution in [-0.2, 0) is 0 Å². The van der Waals surface area contributed by atoms with Crippen LogP contribution in [0.1, 0.15) is 5.56 Å². The van der Waals surface area contributed by atoms with E-state index < -0.39 is 0 Å². The van der Waals surface area contributed by atoms with Crippen LogP contribution < -0.4 is 5.73 Å². The van der Waals surface area contributed by atoms with Crippen LogP contribution in [0.4, 0.5) is 5.82 Å². The highest BCUT2D eigenvalue weighted by molar-refractivity contribution is 7.99. The fourth-order valence-corrected chi connectivity index (χ4v) is 4.47. The molecule has 0 aliphatic rings. The second-order valence-corrected chi connectivity index (χ2v) is 7.61. The lowest BCUT2D eigenvalue weighted by Crippen LogP contribution is -1.92. The summed E-state index contributed by atoms with van der Waals surface area (Å²) in [5, 5.41) is 3.14. The molecule has 0 atom stereocenters. The summed E-state index contributed by atoms with van der Waals surface area (Å²) in [4.78, 5) is 5.60. The Morgan fingerprint density at radius 3 is 2.50 bits per heavy atom. The summed E-state index contributed by atoms with van der Waals surface area (Å²) in [6.07, 6.45) is 1.78. The van der Waals surface area contributed by atoms with E-state index in [1.54, 1.807) is 29.3 Å². The van der Waals surface area contributed by atoms with E-state index in [0.717, 1.165) is 32.5 Å². The van der Waals surface area contributed by atoms with Crippen molar-refractivity contribution in [3.8, 4) is 23.0 Å². The summed E-state index contributed by atoms with van der Waals surface area (Å²) in [7, 11) is 0. The monoisotopic (exact) mass is 372 g/mol. The predicted molar refractivity (Wildman–Crippen MR) is 114 cm³/mol. The molecule has 2 aromatic carbocycles. The molecule has 0 aliphatic carbocycles. The molecule has 26 heavy (non-hydrogen) atoms. The summed E-state index contributed by atoms with van der Waals surface area (Å²) in [6, 6.07) is 20.6. The van der Waals surface area contributed by atoms with Gasteiger partial charge in [-0.05, 0) is 23.1 Å². The van der Waals surface area contributed by atoms with E-state index in [0.29, 0.717) is 5.82 Å². The van der Waals surface area contributed by atoms with E-state index in [9.17, 15) is 0 Å². The van der Waals surface area contributed by atoms with Crippen molar-refractivity contribution in [3.63, 3.8) is 0 Å². The van der Waals surface area contributed by atoms with Crippen molar-refractivity contribution < 1.29 is 0 Å². The van der Waals surface area contributed by atoms with Crippen LogP contribution >= 0.6 is 23.1 Å². The van der Waals surface area contributed by atoms with Crippen molar-refractivity contribution >= 4 is 39.0 Å². The third-order valence-corrected chi connectivity index (χ3v) is 5.89. The first-order valence-electron chi connectivity index (χ1n) is 8.21. The first-order valence-corrected chi connectivity index (χ1v) is 10.1. The van der Waals surface area contributed by atoms with E-state index in [1.165, 1.54) is 4.90 Å². The number of benzene rings is 2. The topological polar surface area (TPSA) is 38.9 Å². The summed E-state index contributed by atoms with van der Waals surface area (Å²) >= 11 is 3.41. The van der Waals surface area contributed by atoms with Crippen molar-refractivity contribution in [2.75, 3.05) is 11.5 Å². The average Bonchev–Trinajstić information content (AvgIpc) is 3.14. The summed E-state index contributed by atoms with van der Waals surface area (Å²) < 4.78 is 1.11. The maximum Gasteiger partial charge on any atom is 0.132 e. The number of nitrogens with two attached hydrogens (primary N) is 1. The van der Waals surface area contributed by atoms with Crippen LogP contribution in [0.15, 0.2) is 77.1 Å². The number of pyridine rings is 1. The molecule has 4 rings (SSSR count). The largest absolute Gasteiger partial charge is 0.383 e. The van der Waals surface area contributed by atoms with Crippen molar-refractivity contribution in [2.24, 2.45) is 0 Å². The molecule has 0 fully saturated rings. The van der Waals surface area contributed by atoms with Crippen molar-refractivity contribution in [3.05, 3.63) is 77.8 Å². The van der Waals surface area contributed by atoms with E-state index in [4.69, 9.17) is 5.73 Å². The number of rotatable bonds is 3. The van der Waals surface area contributed by atoms with Gasteiger partial charge in [-0.3, -0.25) is 0 Å². The molecule has 0 saturated heterocycles. The molecule has 2 nitrogen and oxygen atoms in total. The molecule has 0 radical (unpaired) electrons. The van der Waals surface area contributed by atoms with Crippen LogP contribution in [0.5, 0.6) is 0 Å². The number of hydrogen-bond donors (Lipinski definition) is 1. The lowest BCUT2D eigenvalue weighted by Gasteiger charge is -2.03. The highest BCUT2D eigenvalue weighted by Crippen LogP contribution is 2.38. The summed E-state index contributed by atoms with van der Waals surface area (Å²) in [6.45, 7) is 0. The Balaban J connectivity index is 1.64. The normalized spacial score (nSPS) is 10.5. The van der Waals surface area contributed by atoms with Gasteiger partial charge < -0.3 is 5.73 Å². The molecule has 0 bridgehead atoms. The maximum atomic E-state index is 6.18. The Bertz CT molecular complexity index is 1090. The minimum atomic E-state index is 0.560. The molecular weight excluding hydrogens is 356 g/mol. The molecule has 0 spiro atoms. The Kier molecular flexibility index (Phi) is 4.92. The van der Waals surface area contributed by atoms with E-state index in [2.05, 4.69) is 46.5 Å². The lowest BCUT2D eigenvalue weighted by atomic mass is 10.0. The second-order valence-electron chi connectivity index (χ2n) is 5.68. The third-order valence-electron chi connectivity index (χ3n) is 3.99. The van der Waals surface area contributed by atoms with Crippen LogP contribution in [0.3, 0.4) is 0 Å². The zero-order chi connectivity index (χ0) is 17.8. The Hall–Kier alpha value is -2.74. The molecule has 0 aliphatic heterocycles. The van der Waals surface area contributed by atoms with Gasteiger partial charge in [0.25, 0.3) is 0 Å². The summed E-state index contributed by atoms with van der Waals surface area (Å²) in [5.41, 5.74) is 9.39. The number of aromatic nitrogens is 1. The van der Waals surface area contributed by atoms with Crippen molar-refractivity contribution in [1.82, 2.24) is 4.98 Å². The van der Waals surface area contributed by atoms with Crippen LogP contribution in [0.2, 0.25) is 0 Å². The van der Waals surface area contributed by atoms with Gasteiger partial charge in [-0.15, -0.1) is 23.1 Å². The zero-order valence-corrected chi connectivity index (χ0v) is 15.6. The quantitative estimate of drug-likeness (QED) is 0.371. The Morgan fingerprint density at radius 2 is 1.73 bits per heavy atom. The Morgan fingerprint density at radius 1 is 1.00 bits per heavy atom. The number of thiophene rings is 1. The number of fused-ring (bicyclic) bond motifs is 1. The van der Waals surface area contributed by atoms with E-state index in [1.807, 2.05) is 36.4 Å². The van der Waals surface area contributed by atoms with Gasteiger partial charge in [-0.2, -0.15) is 0 Å². The van der Waals surface area contributed by atoms with Crippen LogP contribution in [0, 0.1) is 11.8 Å². The first-order chi connectivity index (χ1) is 12.8. The minimum absolute atomic E-state index is 0.560. The fraction of sp³-hybridized carbons (Fsp3) is 0.0455. The third kappa shape index (κ3) is 3.45. The number of nitrogen functional groups attached to an aromatic ring is 1. The van der Waals surface area contributed by atoms with E-state index >= 15 is 0 Å². The summed E-state index contributed by atoms with van der Waals surface area (Å²) in [5.74, 6) is 7.82. The van der Waals surface area contributed by atoms with Gasteiger partial charge in [0, 0.05) is 22.0 Å². The maximum absolute atomic E-state index is 6.18. The van der Waals surface area contributed by atoms with Gasteiger partial charge in [0.2, 0.25) is 0 Å². The molecule has 4 aromatic rings. The zero-order valence-electron chi connectivity index (χ0n) is 14.0. The molecule has 0 amide bonds. The van der Waals surface area contributed by atoms with Gasteiger partial charge in [-0.25, -0.2) is 4.98 Å². The first kappa shape index (κ1) is 16.7. The molecule has 2 aromatic heterocycles. The number of nitrogens with zero attached hydrogens (tertiary/aromatic N) is 1. The van der Waals surface area contributed by atoms with E-state index in [-0.39, 0.29) is 0 Å². The molecule has 2 heterocycles. The van der Waals surface area contributed by atoms with Crippen LogP contribution in [0.25, 0.3) is 21.2 Å². The molecule has 0 unspecified atom stereocenters. The molecule has 2 N–H and O–H groups in total. The lowest BCUT2D eigenvalue weighted by molar-refractivity contribution is 1.36. The molecule has 126 valence electrons. The van der Waals surface area contributed by atoms with Crippen molar-refractivity contribution in [2.45, 2.75) is 4.90 Å². The standard InChI is InChI=1S/C22H16N2S2/c23-22-20-19(16-8-3-1-4-9-16)15-26-21(20)17(14-24-22)10-7-13-25-18-11-5-2-6-12-18/h1-6,8-9,11-12,14-15H,13H2,(H2,23,24). The Labute approximate surface area is 161 Å². The number of anilines is 1.